The summed E-state index contributed by atoms with van der Waals surface area (Å²) in [5, 5.41) is 2.06. The highest BCUT2D eigenvalue weighted by molar-refractivity contribution is 7.09. The Labute approximate surface area is 111 Å². The van der Waals surface area contributed by atoms with E-state index in [1.165, 1.54) is 4.88 Å². The molecule has 0 aliphatic carbocycles. The van der Waals surface area contributed by atoms with E-state index in [0.717, 1.165) is 17.9 Å². The summed E-state index contributed by atoms with van der Waals surface area (Å²) in [6, 6.07) is 11.7. The van der Waals surface area contributed by atoms with Crippen LogP contribution in [0.1, 0.15) is 4.88 Å². The van der Waals surface area contributed by atoms with Gasteiger partial charge in [-0.15, -0.1) is 11.3 Å². The first kappa shape index (κ1) is 12.9. The topological polar surface area (TPSA) is 44.5 Å². The number of benzene rings is 1. The number of hydrogen-bond acceptors (Lipinski definition) is 4. The molecule has 2 N–H and O–H groups in total. The van der Waals surface area contributed by atoms with Gasteiger partial charge in [-0.2, -0.15) is 0 Å². The number of ether oxygens (including phenoxy) is 2. The largest absolute Gasteiger partial charge is 0.493 e. The Morgan fingerprint density at radius 3 is 2.61 bits per heavy atom. The molecule has 2 aromatic rings. The number of thiophene rings is 1. The van der Waals surface area contributed by atoms with Gasteiger partial charge in [0.15, 0.2) is 11.5 Å². The monoisotopic (exact) mass is 263 g/mol. The first-order valence-electron chi connectivity index (χ1n) is 5.83. The van der Waals surface area contributed by atoms with Crippen LogP contribution >= 0.6 is 11.3 Å². The molecule has 0 saturated carbocycles. The zero-order chi connectivity index (χ0) is 12.8. The molecule has 0 radical (unpaired) electrons. The van der Waals surface area contributed by atoms with Crippen LogP contribution in [-0.4, -0.2) is 19.8 Å². The fraction of sp³-hybridized carbons (Fsp3) is 0.286. The molecular weight excluding hydrogens is 246 g/mol. The van der Waals surface area contributed by atoms with Crippen LogP contribution in [0.2, 0.25) is 0 Å². The van der Waals surface area contributed by atoms with Crippen molar-refractivity contribution in [2.75, 3.05) is 13.7 Å². The SMILES string of the molecule is COc1ccccc1OCC(N)Cc1cccs1. The van der Waals surface area contributed by atoms with Crippen molar-refractivity contribution in [2.45, 2.75) is 12.5 Å². The van der Waals surface area contributed by atoms with Crippen LogP contribution in [0.25, 0.3) is 0 Å². The molecule has 0 saturated heterocycles. The lowest BCUT2D eigenvalue weighted by molar-refractivity contribution is 0.271. The van der Waals surface area contributed by atoms with Crippen LogP contribution in [0.5, 0.6) is 11.5 Å². The Hall–Kier alpha value is -1.52. The normalized spacial score (nSPS) is 12.1. The van der Waals surface area contributed by atoms with Gasteiger partial charge in [0.25, 0.3) is 0 Å². The van der Waals surface area contributed by atoms with Gasteiger partial charge in [-0.3, -0.25) is 0 Å². The van der Waals surface area contributed by atoms with Crippen LogP contribution in [0.4, 0.5) is 0 Å². The van der Waals surface area contributed by atoms with E-state index in [2.05, 4.69) is 11.4 Å². The molecule has 1 aromatic heterocycles. The zero-order valence-electron chi connectivity index (χ0n) is 10.3. The van der Waals surface area contributed by atoms with Crippen molar-refractivity contribution in [1.29, 1.82) is 0 Å². The lowest BCUT2D eigenvalue weighted by Gasteiger charge is -2.14. The molecule has 96 valence electrons. The van der Waals surface area contributed by atoms with Gasteiger partial charge in [0.05, 0.1) is 7.11 Å². The average Bonchev–Trinajstić information content (AvgIpc) is 2.89. The quantitative estimate of drug-likeness (QED) is 0.871. The third-order valence-electron chi connectivity index (χ3n) is 2.57. The second kappa shape index (κ2) is 6.42. The van der Waals surface area contributed by atoms with Gasteiger partial charge in [0, 0.05) is 17.3 Å². The summed E-state index contributed by atoms with van der Waals surface area (Å²) in [5.41, 5.74) is 6.05. The van der Waals surface area contributed by atoms with E-state index in [-0.39, 0.29) is 6.04 Å². The number of para-hydroxylation sites is 2. The maximum absolute atomic E-state index is 6.05. The smallest absolute Gasteiger partial charge is 0.161 e. The molecule has 0 aliphatic heterocycles. The molecular formula is C14H17NO2S. The molecule has 0 bridgehead atoms. The van der Waals surface area contributed by atoms with E-state index < -0.39 is 0 Å². The van der Waals surface area contributed by atoms with Gasteiger partial charge in [0.2, 0.25) is 0 Å². The lowest BCUT2D eigenvalue weighted by Crippen LogP contribution is -2.29. The molecule has 0 amide bonds. The maximum Gasteiger partial charge on any atom is 0.161 e. The predicted molar refractivity (Wildman–Crippen MR) is 74.5 cm³/mol. The first-order chi connectivity index (χ1) is 8.79. The standard InChI is InChI=1S/C14H17NO2S/c1-16-13-6-2-3-7-14(13)17-10-11(15)9-12-5-4-8-18-12/h2-8,11H,9-10,15H2,1H3. The van der Waals surface area contributed by atoms with Crippen molar-refractivity contribution in [2.24, 2.45) is 5.73 Å². The van der Waals surface area contributed by atoms with E-state index >= 15 is 0 Å². The van der Waals surface area contributed by atoms with Crippen molar-refractivity contribution in [3.8, 4) is 11.5 Å². The predicted octanol–water partition coefficient (Wildman–Crippen LogP) is 2.71. The van der Waals surface area contributed by atoms with Gasteiger partial charge >= 0.3 is 0 Å². The van der Waals surface area contributed by atoms with Gasteiger partial charge < -0.3 is 15.2 Å². The molecule has 1 heterocycles. The van der Waals surface area contributed by atoms with E-state index in [1.807, 2.05) is 30.3 Å². The first-order valence-corrected chi connectivity index (χ1v) is 6.71. The molecule has 0 aliphatic rings. The summed E-state index contributed by atoms with van der Waals surface area (Å²) in [4.78, 5) is 1.28. The fourth-order valence-electron chi connectivity index (χ4n) is 1.68. The van der Waals surface area contributed by atoms with Crippen LogP contribution in [-0.2, 0) is 6.42 Å². The minimum atomic E-state index is -0.00596. The number of nitrogens with two attached hydrogens (primary N) is 1. The van der Waals surface area contributed by atoms with Crippen LogP contribution < -0.4 is 15.2 Å². The van der Waals surface area contributed by atoms with Crippen LogP contribution in [0, 0.1) is 0 Å². The Morgan fingerprint density at radius 1 is 1.17 bits per heavy atom. The highest BCUT2D eigenvalue weighted by atomic mass is 32.1. The molecule has 1 aromatic carbocycles. The summed E-state index contributed by atoms with van der Waals surface area (Å²) < 4.78 is 10.9. The third-order valence-corrected chi connectivity index (χ3v) is 3.46. The number of rotatable bonds is 6. The number of methoxy groups -OCH3 is 1. The molecule has 2 rings (SSSR count). The highest BCUT2D eigenvalue weighted by Crippen LogP contribution is 2.25. The van der Waals surface area contributed by atoms with E-state index in [4.69, 9.17) is 15.2 Å². The average molecular weight is 263 g/mol. The van der Waals surface area contributed by atoms with Crippen LogP contribution in [0.3, 0.4) is 0 Å². The summed E-state index contributed by atoms with van der Waals surface area (Å²) >= 11 is 1.72. The van der Waals surface area contributed by atoms with Gasteiger partial charge in [-0.05, 0) is 23.6 Å². The number of hydrogen-bond donors (Lipinski definition) is 1. The highest BCUT2D eigenvalue weighted by Gasteiger charge is 2.08. The Morgan fingerprint density at radius 2 is 1.94 bits per heavy atom. The van der Waals surface area contributed by atoms with Crippen molar-refractivity contribution < 1.29 is 9.47 Å². The molecule has 4 heteroatoms. The molecule has 0 spiro atoms. The molecule has 1 unspecified atom stereocenters. The molecule has 0 fully saturated rings. The van der Waals surface area contributed by atoms with Gasteiger partial charge in [-0.25, -0.2) is 0 Å². The molecule has 18 heavy (non-hydrogen) atoms. The summed E-state index contributed by atoms with van der Waals surface area (Å²) in [7, 11) is 1.63. The van der Waals surface area contributed by atoms with Gasteiger partial charge in [-0.1, -0.05) is 18.2 Å². The minimum absolute atomic E-state index is 0.00596. The van der Waals surface area contributed by atoms with Crippen molar-refractivity contribution in [3.05, 3.63) is 46.7 Å². The van der Waals surface area contributed by atoms with Gasteiger partial charge in [0.1, 0.15) is 6.61 Å². The molecule has 1 atom stereocenters. The summed E-state index contributed by atoms with van der Waals surface area (Å²) in [6.07, 6.45) is 0.840. The minimum Gasteiger partial charge on any atom is -0.493 e. The Balaban J connectivity index is 1.87. The van der Waals surface area contributed by atoms with Crippen molar-refractivity contribution in [3.63, 3.8) is 0 Å². The van der Waals surface area contributed by atoms with E-state index in [0.29, 0.717) is 6.61 Å². The summed E-state index contributed by atoms with van der Waals surface area (Å²) in [6.45, 7) is 0.484. The van der Waals surface area contributed by atoms with E-state index in [1.54, 1.807) is 18.4 Å². The van der Waals surface area contributed by atoms with E-state index in [9.17, 15) is 0 Å². The second-order valence-electron chi connectivity index (χ2n) is 4.01. The lowest BCUT2D eigenvalue weighted by atomic mass is 10.2. The van der Waals surface area contributed by atoms with Crippen molar-refractivity contribution >= 4 is 11.3 Å². The fourth-order valence-corrected chi connectivity index (χ4v) is 2.48. The zero-order valence-corrected chi connectivity index (χ0v) is 11.2. The maximum atomic E-state index is 6.05. The van der Waals surface area contributed by atoms with Crippen molar-refractivity contribution in [1.82, 2.24) is 0 Å². The third kappa shape index (κ3) is 3.48. The Kier molecular flexibility index (Phi) is 4.61. The van der Waals surface area contributed by atoms with Crippen LogP contribution in [0.15, 0.2) is 41.8 Å². The Bertz CT molecular complexity index is 470. The second-order valence-corrected chi connectivity index (χ2v) is 5.04. The molecule has 3 nitrogen and oxygen atoms in total. The summed E-state index contributed by atoms with van der Waals surface area (Å²) in [5.74, 6) is 1.47.